The first-order valence-electron chi connectivity index (χ1n) is 9.26. The minimum Gasteiger partial charge on any atom is -0.480 e. The number of rotatable bonds is 4. The second-order valence-corrected chi connectivity index (χ2v) is 8.67. The molecule has 4 heteroatoms. The Labute approximate surface area is 153 Å². The van der Waals surface area contributed by atoms with E-state index in [4.69, 9.17) is 0 Å². The maximum atomic E-state index is 11.8. The average Bonchev–Trinajstić information content (AvgIpc) is 3.21. The number of carboxylic acid groups (broad SMARTS) is 1. The van der Waals surface area contributed by atoms with Crippen molar-refractivity contribution in [3.05, 3.63) is 46.8 Å². The second kappa shape index (κ2) is 6.93. The first-order chi connectivity index (χ1) is 12.1. The van der Waals surface area contributed by atoms with E-state index in [0.29, 0.717) is 12.0 Å². The predicted octanol–water partition coefficient (Wildman–Crippen LogP) is 4.94. The number of likely N-dealkylation sites (tertiary alicyclic amines) is 1. The monoisotopic (exact) mass is 355 g/mol. The first-order valence-corrected chi connectivity index (χ1v) is 10.1. The Hall–Kier alpha value is -1.65. The van der Waals surface area contributed by atoms with Gasteiger partial charge in [-0.3, -0.25) is 9.69 Å². The summed E-state index contributed by atoms with van der Waals surface area (Å²) < 4.78 is 0. The van der Waals surface area contributed by atoms with Crippen molar-refractivity contribution in [3.8, 4) is 10.4 Å². The standard InChI is InChI=1S/C21H25NO2S/c1-14-6-8-15(9-7-14)20-11-10-17(25-20)13-22-18-5-3-2-4-16(18)12-19(22)21(23)24/h6-11,16,18-19H,2-5,12-13H2,1H3,(H,23,24). The number of hydrogen-bond acceptors (Lipinski definition) is 3. The Balaban J connectivity index is 1.54. The van der Waals surface area contributed by atoms with Crippen molar-refractivity contribution < 1.29 is 9.90 Å². The number of thiophene rings is 1. The molecule has 3 nitrogen and oxygen atoms in total. The highest BCUT2D eigenvalue weighted by molar-refractivity contribution is 7.15. The van der Waals surface area contributed by atoms with E-state index in [-0.39, 0.29) is 6.04 Å². The fourth-order valence-corrected chi connectivity index (χ4v) is 5.56. The van der Waals surface area contributed by atoms with Crippen LogP contribution >= 0.6 is 11.3 Å². The minimum atomic E-state index is -0.648. The summed E-state index contributed by atoms with van der Waals surface area (Å²) in [7, 11) is 0. The topological polar surface area (TPSA) is 40.5 Å². The van der Waals surface area contributed by atoms with Crippen LogP contribution in [0.2, 0.25) is 0 Å². The number of fused-ring (bicyclic) bond motifs is 1. The molecule has 2 aromatic rings. The zero-order valence-corrected chi connectivity index (χ0v) is 15.5. The Morgan fingerprint density at radius 2 is 1.92 bits per heavy atom. The highest BCUT2D eigenvalue weighted by atomic mass is 32.1. The number of hydrogen-bond donors (Lipinski definition) is 1. The number of aliphatic carboxylic acids is 1. The quantitative estimate of drug-likeness (QED) is 0.844. The van der Waals surface area contributed by atoms with E-state index in [0.717, 1.165) is 19.4 Å². The second-order valence-electron chi connectivity index (χ2n) is 7.51. The fourth-order valence-electron chi connectivity index (χ4n) is 4.54. The van der Waals surface area contributed by atoms with Gasteiger partial charge in [0.15, 0.2) is 0 Å². The Morgan fingerprint density at radius 3 is 2.68 bits per heavy atom. The average molecular weight is 356 g/mol. The van der Waals surface area contributed by atoms with E-state index >= 15 is 0 Å². The van der Waals surface area contributed by atoms with Crippen LogP contribution in [0.25, 0.3) is 10.4 Å². The van der Waals surface area contributed by atoms with Crippen molar-refractivity contribution in [2.45, 2.75) is 57.7 Å². The van der Waals surface area contributed by atoms with Crippen molar-refractivity contribution >= 4 is 17.3 Å². The van der Waals surface area contributed by atoms with E-state index in [1.807, 2.05) is 0 Å². The van der Waals surface area contributed by atoms with Crippen LogP contribution in [-0.4, -0.2) is 28.1 Å². The third-order valence-corrected chi connectivity index (χ3v) is 6.96. The lowest BCUT2D eigenvalue weighted by molar-refractivity contribution is -0.142. The van der Waals surface area contributed by atoms with Gasteiger partial charge in [-0.1, -0.05) is 42.7 Å². The lowest BCUT2D eigenvalue weighted by atomic mass is 9.85. The molecule has 1 N–H and O–H groups in total. The molecular formula is C21H25NO2S. The van der Waals surface area contributed by atoms with E-state index in [9.17, 15) is 9.90 Å². The molecule has 2 aliphatic rings. The van der Waals surface area contributed by atoms with Crippen LogP contribution in [0.5, 0.6) is 0 Å². The van der Waals surface area contributed by atoms with Gasteiger partial charge >= 0.3 is 5.97 Å². The molecule has 1 aliphatic carbocycles. The molecule has 25 heavy (non-hydrogen) atoms. The molecule has 132 valence electrons. The predicted molar refractivity (Wildman–Crippen MR) is 102 cm³/mol. The highest BCUT2D eigenvalue weighted by Gasteiger charge is 2.45. The molecule has 3 atom stereocenters. The van der Waals surface area contributed by atoms with Gasteiger partial charge in [0.1, 0.15) is 6.04 Å². The van der Waals surface area contributed by atoms with Gasteiger partial charge in [0, 0.05) is 22.3 Å². The maximum absolute atomic E-state index is 11.8. The molecule has 1 aliphatic heterocycles. The molecule has 3 unspecified atom stereocenters. The van der Waals surface area contributed by atoms with Crippen molar-refractivity contribution in [3.63, 3.8) is 0 Å². The zero-order chi connectivity index (χ0) is 17.4. The molecule has 0 spiro atoms. The molecular weight excluding hydrogens is 330 g/mol. The van der Waals surface area contributed by atoms with Gasteiger partial charge < -0.3 is 5.11 Å². The van der Waals surface area contributed by atoms with Crippen LogP contribution in [0, 0.1) is 12.8 Å². The number of nitrogens with zero attached hydrogens (tertiary/aromatic N) is 1. The van der Waals surface area contributed by atoms with E-state index in [1.54, 1.807) is 11.3 Å². The summed E-state index contributed by atoms with van der Waals surface area (Å²) in [5.74, 6) is -0.0731. The molecule has 1 aromatic heterocycles. The van der Waals surface area contributed by atoms with Gasteiger partial charge in [0.25, 0.3) is 0 Å². The van der Waals surface area contributed by atoms with Crippen LogP contribution in [0.15, 0.2) is 36.4 Å². The smallest absolute Gasteiger partial charge is 0.320 e. The summed E-state index contributed by atoms with van der Waals surface area (Å²) in [6.07, 6.45) is 5.69. The lowest BCUT2D eigenvalue weighted by Crippen LogP contribution is -2.41. The van der Waals surface area contributed by atoms with Crippen LogP contribution in [0.4, 0.5) is 0 Å². The molecule has 1 saturated carbocycles. The Bertz CT molecular complexity index is 752. The number of carbonyl (C=O) groups is 1. The van der Waals surface area contributed by atoms with E-state index in [2.05, 4.69) is 48.2 Å². The summed E-state index contributed by atoms with van der Waals surface area (Å²) in [6, 6.07) is 13.1. The Kier molecular flexibility index (Phi) is 4.65. The van der Waals surface area contributed by atoms with Crippen LogP contribution in [0.3, 0.4) is 0 Å². The summed E-state index contributed by atoms with van der Waals surface area (Å²) in [4.78, 5) is 16.6. The van der Waals surface area contributed by atoms with Gasteiger partial charge in [-0.2, -0.15) is 0 Å². The third-order valence-electron chi connectivity index (χ3n) is 5.84. The van der Waals surface area contributed by atoms with Gasteiger partial charge in [0.2, 0.25) is 0 Å². The fraction of sp³-hybridized carbons (Fsp3) is 0.476. The zero-order valence-electron chi connectivity index (χ0n) is 14.6. The number of benzene rings is 1. The lowest BCUT2D eigenvalue weighted by Gasteiger charge is -2.32. The normalized spacial score (nSPS) is 26.5. The van der Waals surface area contributed by atoms with Crippen molar-refractivity contribution in [1.29, 1.82) is 0 Å². The summed E-state index contributed by atoms with van der Waals surface area (Å²) in [5.41, 5.74) is 2.51. The molecule has 4 rings (SSSR count). The van der Waals surface area contributed by atoms with E-state index < -0.39 is 5.97 Å². The summed E-state index contributed by atoms with van der Waals surface area (Å²) in [5, 5.41) is 9.68. The molecule has 0 radical (unpaired) electrons. The number of aryl methyl sites for hydroxylation is 1. The maximum Gasteiger partial charge on any atom is 0.320 e. The molecule has 1 saturated heterocycles. The summed E-state index contributed by atoms with van der Waals surface area (Å²) >= 11 is 1.80. The number of carboxylic acids is 1. The molecule has 0 amide bonds. The van der Waals surface area contributed by atoms with Gasteiger partial charge in [-0.25, -0.2) is 0 Å². The van der Waals surface area contributed by atoms with E-state index in [1.165, 1.54) is 40.1 Å². The third kappa shape index (κ3) is 3.38. The molecule has 2 fully saturated rings. The first kappa shape index (κ1) is 16.8. The van der Waals surface area contributed by atoms with Gasteiger partial charge in [-0.15, -0.1) is 11.3 Å². The van der Waals surface area contributed by atoms with Crippen molar-refractivity contribution in [2.75, 3.05) is 0 Å². The highest BCUT2D eigenvalue weighted by Crippen LogP contribution is 2.41. The van der Waals surface area contributed by atoms with Crippen molar-refractivity contribution in [2.24, 2.45) is 5.92 Å². The van der Waals surface area contributed by atoms with Gasteiger partial charge in [0.05, 0.1) is 0 Å². The largest absolute Gasteiger partial charge is 0.480 e. The molecule has 2 heterocycles. The van der Waals surface area contributed by atoms with Crippen LogP contribution < -0.4 is 0 Å². The minimum absolute atomic E-state index is 0.307. The molecule has 0 bridgehead atoms. The molecule has 1 aromatic carbocycles. The Morgan fingerprint density at radius 1 is 1.16 bits per heavy atom. The SMILES string of the molecule is Cc1ccc(-c2ccc(CN3C(C(=O)O)CC4CCCCC43)s2)cc1. The van der Waals surface area contributed by atoms with Gasteiger partial charge in [-0.05, 0) is 49.8 Å². The van der Waals surface area contributed by atoms with Crippen molar-refractivity contribution in [1.82, 2.24) is 4.90 Å². The van der Waals surface area contributed by atoms with Crippen LogP contribution in [0.1, 0.15) is 42.5 Å². The van der Waals surface area contributed by atoms with Crippen LogP contribution in [-0.2, 0) is 11.3 Å². The summed E-state index contributed by atoms with van der Waals surface area (Å²) in [6.45, 7) is 2.87.